The minimum atomic E-state index is -1.85. The molecule has 1 aromatic carbocycles. The van der Waals surface area contributed by atoms with Crippen LogP contribution < -0.4 is 5.56 Å². The van der Waals surface area contributed by atoms with Crippen molar-refractivity contribution in [3.63, 3.8) is 0 Å². The molecule has 1 unspecified atom stereocenters. The van der Waals surface area contributed by atoms with E-state index >= 15 is 0 Å². The third-order valence-corrected chi connectivity index (χ3v) is 4.47. The van der Waals surface area contributed by atoms with Crippen LogP contribution in [0.3, 0.4) is 0 Å². The first kappa shape index (κ1) is 12.3. The van der Waals surface area contributed by atoms with Crippen molar-refractivity contribution >= 4 is 30.2 Å². The predicted molar refractivity (Wildman–Crippen MR) is 70.1 cm³/mol. The fourth-order valence-corrected chi connectivity index (χ4v) is 3.18. The van der Waals surface area contributed by atoms with Gasteiger partial charge in [-0.1, -0.05) is 12.1 Å². The predicted octanol–water partition coefficient (Wildman–Crippen LogP) is 2.71. The van der Waals surface area contributed by atoms with Crippen molar-refractivity contribution in [1.29, 1.82) is 0 Å². The molecule has 2 aromatic rings. The van der Waals surface area contributed by atoms with Crippen LogP contribution in [0.15, 0.2) is 29.1 Å². The van der Waals surface area contributed by atoms with Crippen LogP contribution in [0.1, 0.15) is 6.42 Å². The van der Waals surface area contributed by atoms with E-state index in [1.807, 2.05) is 12.1 Å². The summed E-state index contributed by atoms with van der Waals surface area (Å²) in [4.78, 5) is 12.2. The molecule has 0 fully saturated rings. The number of fused-ring (bicyclic) bond motifs is 1. The molecule has 0 aliphatic heterocycles. The van der Waals surface area contributed by atoms with Crippen LogP contribution >= 0.6 is 19.3 Å². The van der Waals surface area contributed by atoms with Crippen LogP contribution in [-0.4, -0.2) is 14.5 Å². The zero-order valence-electron chi connectivity index (χ0n) is 9.47. The topological polar surface area (TPSA) is 44.0 Å². The van der Waals surface area contributed by atoms with E-state index in [0.29, 0.717) is 24.2 Å². The summed E-state index contributed by atoms with van der Waals surface area (Å²) in [5.41, 5.74) is 0.547. The number of aryl methyl sites for hydroxylation is 1. The fraction of sp³-hybridized carbons (Fsp3) is 0.364. The number of nitrogens with zero attached hydrogens (tertiary/aromatic N) is 2. The van der Waals surface area contributed by atoms with E-state index in [4.69, 9.17) is 11.6 Å². The molecule has 0 saturated heterocycles. The Morgan fingerprint density at radius 1 is 1.35 bits per heavy atom. The summed E-state index contributed by atoms with van der Waals surface area (Å²) in [6, 6.07) is 7.20. The van der Waals surface area contributed by atoms with E-state index < -0.39 is 7.73 Å². The van der Waals surface area contributed by atoms with Gasteiger partial charge >= 0.3 is 7.73 Å². The minimum absolute atomic E-state index is 0.176. The van der Waals surface area contributed by atoms with Gasteiger partial charge in [0.05, 0.1) is 24.5 Å². The highest BCUT2D eigenvalue weighted by Gasteiger charge is 2.19. The van der Waals surface area contributed by atoms with Gasteiger partial charge in [0.2, 0.25) is 0 Å². The van der Waals surface area contributed by atoms with E-state index in [0.717, 1.165) is 5.52 Å². The highest BCUT2D eigenvalue weighted by Crippen LogP contribution is 2.18. The molecule has 0 aliphatic rings. The number of hydrogen-bond acceptors (Lipinski definition) is 2. The molecule has 0 bridgehead atoms. The number of benzene rings is 1. The zero-order chi connectivity index (χ0) is 12.4. The van der Waals surface area contributed by atoms with Gasteiger partial charge in [0.25, 0.3) is 5.56 Å². The van der Waals surface area contributed by atoms with Crippen LogP contribution in [0, 0.1) is 0 Å². The smallest absolute Gasteiger partial charge is 0.265 e. The lowest BCUT2D eigenvalue weighted by Gasteiger charge is -2.01. The van der Waals surface area contributed by atoms with E-state index in [-0.39, 0.29) is 5.56 Å². The van der Waals surface area contributed by atoms with Crippen LogP contribution in [0.5, 0.6) is 0 Å². The Hall–Kier alpha value is -1.12. The van der Waals surface area contributed by atoms with Crippen LogP contribution in [0.4, 0.5) is 0 Å². The minimum Gasteiger partial charge on any atom is -0.265 e. The van der Waals surface area contributed by atoms with Gasteiger partial charge in [-0.3, -0.25) is 4.79 Å². The molecule has 0 N–H and O–H groups in total. The van der Waals surface area contributed by atoms with Gasteiger partial charge in [0.1, 0.15) is 0 Å². The Balaban J connectivity index is 2.78. The number of halogens is 1. The largest absolute Gasteiger partial charge is 0.598 e. The first-order valence-corrected chi connectivity index (χ1v) is 7.04. The van der Waals surface area contributed by atoms with Gasteiger partial charge in [-0.25, -0.2) is 0 Å². The molecule has 4 nitrogen and oxygen atoms in total. The van der Waals surface area contributed by atoms with Gasteiger partial charge in [-0.15, -0.1) is 20.3 Å². The molecule has 0 aliphatic carbocycles. The summed E-state index contributed by atoms with van der Waals surface area (Å²) in [6.45, 7) is 0.427. The standard InChI is InChI=1S/C11H13ClN2O2P/c1-13-10-6-3-2-5-9(10)11(15)14(17(13)16)8-4-7-12/h2-3,5-6H,4,7-8H2,1H3/q+1. The fourth-order valence-electron chi connectivity index (χ4n) is 1.80. The maximum absolute atomic E-state index is 12.2. The van der Waals surface area contributed by atoms with Crippen molar-refractivity contribution in [3.05, 3.63) is 34.6 Å². The molecule has 2 rings (SSSR count). The molecule has 0 spiro atoms. The van der Waals surface area contributed by atoms with Crippen LogP contribution in [0.25, 0.3) is 10.9 Å². The van der Waals surface area contributed by atoms with Crippen molar-refractivity contribution < 1.29 is 4.57 Å². The first-order valence-electron chi connectivity index (χ1n) is 5.34. The third kappa shape index (κ3) is 2.15. The normalized spacial score (nSPS) is 12.0. The summed E-state index contributed by atoms with van der Waals surface area (Å²) < 4.78 is 15.2. The third-order valence-electron chi connectivity index (χ3n) is 2.68. The Labute approximate surface area is 104 Å². The second kappa shape index (κ2) is 5.03. The molecule has 17 heavy (non-hydrogen) atoms. The number of alkyl halides is 1. The average Bonchev–Trinajstić information content (AvgIpc) is 2.36. The van der Waals surface area contributed by atoms with Crippen molar-refractivity contribution in [2.24, 2.45) is 7.05 Å². The molecular formula is C11H13ClN2O2P+. The molecule has 1 atom stereocenters. The summed E-state index contributed by atoms with van der Waals surface area (Å²) in [7, 11) is -0.112. The lowest BCUT2D eigenvalue weighted by atomic mass is 10.2. The first-order chi connectivity index (χ1) is 8.16. The van der Waals surface area contributed by atoms with E-state index in [2.05, 4.69) is 0 Å². The summed E-state index contributed by atoms with van der Waals surface area (Å²) >= 11 is 5.61. The van der Waals surface area contributed by atoms with Crippen molar-refractivity contribution in [2.75, 3.05) is 5.88 Å². The van der Waals surface area contributed by atoms with Gasteiger partial charge in [-0.2, -0.15) is 0 Å². The van der Waals surface area contributed by atoms with E-state index in [9.17, 15) is 9.36 Å². The summed E-state index contributed by atoms with van der Waals surface area (Å²) in [5, 5.41) is 0.596. The van der Waals surface area contributed by atoms with E-state index in [1.165, 1.54) is 4.33 Å². The summed E-state index contributed by atoms with van der Waals surface area (Å²) in [6.07, 6.45) is 0.643. The number of aromatic nitrogens is 2. The second-order valence-electron chi connectivity index (χ2n) is 3.76. The van der Waals surface area contributed by atoms with Crippen LogP contribution in [0.2, 0.25) is 0 Å². The van der Waals surface area contributed by atoms with Gasteiger partial charge in [-0.05, 0) is 23.1 Å². The highest BCUT2D eigenvalue weighted by atomic mass is 35.5. The molecule has 0 radical (unpaired) electrons. The zero-order valence-corrected chi connectivity index (χ0v) is 11.1. The molecule has 90 valence electrons. The number of para-hydroxylation sites is 1. The monoisotopic (exact) mass is 271 g/mol. The highest BCUT2D eigenvalue weighted by molar-refractivity contribution is 7.28. The second-order valence-corrected chi connectivity index (χ2v) is 5.73. The lowest BCUT2D eigenvalue weighted by molar-refractivity contribution is 0.569. The SMILES string of the molecule is Cn1c2ccccc2c(=O)n(CCCCl)[p+]1=O. The Morgan fingerprint density at radius 2 is 2.06 bits per heavy atom. The maximum Gasteiger partial charge on any atom is 0.598 e. The molecule has 0 saturated carbocycles. The molecule has 1 heterocycles. The molecule has 1 aromatic heterocycles. The summed E-state index contributed by atoms with van der Waals surface area (Å²) in [5.74, 6) is 0.457. The van der Waals surface area contributed by atoms with E-state index in [1.54, 1.807) is 23.5 Å². The average molecular weight is 272 g/mol. The lowest BCUT2D eigenvalue weighted by Crippen LogP contribution is -2.20. The van der Waals surface area contributed by atoms with Gasteiger partial charge < -0.3 is 0 Å². The number of rotatable bonds is 3. The Morgan fingerprint density at radius 3 is 2.76 bits per heavy atom. The number of hydrogen-bond donors (Lipinski definition) is 0. The molecule has 0 amide bonds. The maximum atomic E-state index is 12.2. The molecular weight excluding hydrogens is 259 g/mol. The quantitative estimate of drug-likeness (QED) is 0.806. The van der Waals surface area contributed by atoms with Crippen molar-refractivity contribution in [1.82, 2.24) is 8.66 Å². The van der Waals surface area contributed by atoms with Gasteiger partial charge in [0.15, 0.2) is 0 Å². The molecule has 6 heteroatoms. The van der Waals surface area contributed by atoms with Crippen molar-refractivity contribution in [3.8, 4) is 0 Å². The Bertz CT molecular complexity index is 663. The van der Waals surface area contributed by atoms with Gasteiger partial charge in [0, 0.05) is 5.88 Å². The Kier molecular flexibility index (Phi) is 3.65. The van der Waals surface area contributed by atoms with Crippen molar-refractivity contribution in [2.45, 2.75) is 13.0 Å². The van der Waals surface area contributed by atoms with Crippen LogP contribution in [-0.2, 0) is 18.2 Å².